The summed E-state index contributed by atoms with van der Waals surface area (Å²) in [6.45, 7) is 8.45. The maximum Gasteiger partial charge on any atom is 0.170 e. The second-order valence-corrected chi connectivity index (χ2v) is 4.95. The number of aromatic amines is 1. The van der Waals surface area contributed by atoms with Gasteiger partial charge in [0.2, 0.25) is 0 Å². The zero-order valence-corrected chi connectivity index (χ0v) is 12.0. The van der Waals surface area contributed by atoms with E-state index in [1.807, 2.05) is 20.0 Å². The Kier molecular flexibility index (Phi) is 5.82. The molecule has 1 unspecified atom stereocenters. The third-order valence-corrected chi connectivity index (χ3v) is 3.58. The van der Waals surface area contributed by atoms with Gasteiger partial charge in [0.1, 0.15) is 0 Å². The lowest BCUT2D eigenvalue weighted by Gasteiger charge is -2.34. The second-order valence-electron chi connectivity index (χ2n) is 4.95. The quantitative estimate of drug-likeness (QED) is 0.768. The molecule has 108 valence electrons. The van der Waals surface area contributed by atoms with Crippen LogP contribution < -0.4 is 0 Å². The predicted molar refractivity (Wildman–Crippen MR) is 74.0 cm³/mol. The van der Waals surface area contributed by atoms with Crippen molar-refractivity contribution in [1.29, 1.82) is 0 Å². The van der Waals surface area contributed by atoms with Gasteiger partial charge in [-0.1, -0.05) is 0 Å². The molecule has 1 saturated heterocycles. The molecule has 1 aliphatic heterocycles. The summed E-state index contributed by atoms with van der Waals surface area (Å²) in [6.07, 6.45) is 4.18. The van der Waals surface area contributed by atoms with Crippen molar-refractivity contribution in [3.05, 3.63) is 18.0 Å². The highest BCUT2D eigenvalue weighted by atomic mass is 16.7. The molecule has 2 heterocycles. The lowest BCUT2D eigenvalue weighted by atomic mass is 9.95. The molecule has 1 aromatic rings. The third-order valence-electron chi connectivity index (χ3n) is 3.58. The number of nitrogens with zero attached hydrogens (tertiary/aromatic N) is 2. The highest BCUT2D eigenvalue weighted by molar-refractivity contribution is 5.07. The van der Waals surface area contributed by atoms with E-state index < -0.39 is 0 Å². The Labute approximate surface area is 115 Å². The van der Waals surface area contributed by atoms with E-state index in [-0.39, 0.29) is 6.29 Å². The molecule has 1 aliphatic rings. The molecule has 19 heavy (non-hydrogen) atoms. The number of piperidine rings is 1. The Morgan fingerprint density at radius 2 is 2.21 bits per heavy atom. The van der Waals surface area contributed by atoms with E-state index >= 15 is 0 Å². The van der Waals surface area contributed by atoms with Gasteiger partial charge in [-0.05, 0) is 39.3 Å². The standard InChI is InChI=1S/C14H25N3O2/c1-3-18-14(19-4-2)11-17-9-5-6-12(10-17)13-7-8-15-16-13/h7-8,12,14H,3-6,9-11H2,1-2H3,(H,15,16). The Balaban J connectivity index is 1.86. The van der Waals surface area contributed by atoms with Crippen molar-refractivity contribution in [2.45, 2.75) is 38.9 Å². The Bertz CT molecular complexity index is 336. The summed E-state index contributed by atoms with van der Waals surface area (Å²) < 4.78 is 11.3. The highest BCUT2D eigenvalue weighted by Gasteiger charge is 2.24. The Hall–Kier alpha value is -0.910. The predicted octanol–water partition coefficient (Wildman–Crippen LogP) is 1.99. The first-order valence-corrected chi connectivity index (χ1v) is 7.28. The number of aromatic nitrogens is 2. The molecule has 1 N–H and O–H groups in total. The van der Waals surface area contributed by atoms with E-state index in [1.165, 1.54) is 18.5 Å². The van der Waals surface area contributed by atoms with E-state index in [4.69, 9.17) is 9.47 Å². The third kappa shape index (κ3) is 4.30. The first-order chi connectivity index (χ1) is 9.33. The van der Waals surface area contributed by atoms with E-state index in [1.54, 1.807) is 0 Å². The molecule has 1 fully saturated rings. The van der Waals surface area contributed by atoms with Crippen molar-refractivity contribution in [1.82, 2.24) is 15.1 Å². The van der Waals surface area contributed by atoms with Crippen LogP contribution in [-0.4, -0.2) is 54.2 Å². The highest BCUT2D eigenvalue weighted by Crippen LogP contribution is 2.25. The van der Waals surface area contributed by atoms with Crippen molar-refractivity contribution in [2.24, 2.45) is 0 Å². The summed E-state index contributed by atoms with van der Waals surface area (Å²) >= 11 is 0. The monoisotopic (exact) mass is 267 g/mol. The van der Waals surface area contributed by atoms with Gasteiger partial charge < -0.3 is 9.47 Å². The van der Waals surface area contributed by atoms with Crippen molar-refractivity contribution in [3.63, 3.8) is 0 Å². The summed E-state index contributed by atoms with van der Waals surface area (Å²) in [4.78, 5) is 2.44. The number of H-pyrrole nitrogens is 1. The number of hydrogen-bond donors (Lipinski definition) is 1. The molecule has 0 aromatic carbocycles. The normalized spacial score (nSPS) is 21.1. The van der Waals surface area contributed by atoms with Gasteiger partial charge in [0.05, 0.1) is 0 Å². The van der Waals surface area contributed by atoms with E-state index in [9.17, 15) is 0 Å². The van der Waals surface area contributed by atoms with Gasteiger partial charge in [-0.25, -0.2) is 0 Å². The maximum absolute atomic E-state index is 5.63. The molecule has 5 heteroatoms. The molecule has 2 rings (SSSR count). The average molecular weight is 267 g/mol. The second kappa shape index (κ2) is 7.62. The zero-order chi connectivity index (χ0) is 13.5. The van der Waals surface area contributed by atoms with Gasteiger partial charge in [-0.15, -0.1) is 0 Å². The van der Waals surface area contributed by atoms with Crippen LogP contribution in [0.5, 0.6) is 0 Å². The van der Waals surface area contributed by atoms with Crippen LogP contribution >= 0.6 is 0 Å². The molecular weight excluding hydrogens is 242 g/mol. The van der Waals surface area contributed by atoms with Gasteiger partial charge in [0.15, 0.2) is 6.29 Å². The topological polar surface area (TPSA) is 50.4 Å². The van der Waals surface area contributed by atoms with Crippen molar-refractivity contribution < 1.29 is 9.47 Å². The molecule has 5 nitrogen and oxygen atoms in total. The van der Waals surface area contributed by atoms with Gasteiger partial charge in [0.25, 0.3) is 0 Å². The average Bonchev–Trinajstić information content (AvgIpc) is 2.93. The minimum absolute atomic E-state index is 0.101. The first-order valence-electron chi connectivity index (χ1n) is 7.28. The Morgan fingerprint density at radius 1 is 1.42 bits per heavy atom. The smallest absolute Gasteiger partial charge is 0.170 e. The van der Waals surface area contributed by atoms with Crippen LogP contribution in [0.3, 0.4) is 0 Å². The summed E-state index contributed by atoms with van der Waals surface area (Å²) in [5, 5.41) is 7.14. The molecule has 1 atom stereocenters. The molecule has 1 aromatic heterocycles. The fourth-order valence-corrected chi connectivity index (χ4v) is 2.71. The van der Waals surface area contributed by atoms with Crippen LogP contribution in [0.15, 0.2) is 12.3 Å². The van der Waals surface area contributed by atoms with Gasteiger partial charge >= 0.3 is 0 Å². The lowest BCUT2D eigenvalue weighted by Crippen LogP contribution is -2.41. The van der Waals surface area contributed by atoms with Crippen molar-refractivity contribution in [3.8, 4) is 0 Å². The summed E-state index contributed by atoms with van der Waals surface area (Å²) in [5.74, 6) is 0.556. The minimum Gasteiger partial charge on any atom is -0.352 e. The van der Waals surface area contributed by atoms with Crippen molar-refractivity contribution in [2.75, 3.05) is 32.8 Å². The van der Waals surface area contributed by atoms with E-state index in [2.05, 4.69) is 21.2 Å². The maximum atomic E-state index is 5.63. The zero-order valence-electron chi connectivity index (χ0n) is 12.0. The van der Waals surface area contributed by atoms with Crippen molar-refractivity contribution >= 4 is 0 Å². The lowest BCUT2D eigenvalue weighted by molar-refractivity contribution is -0.148. The minimum atomic E-state index is -0.101. The number of hydrogen-bond acceptors (Lipinski definition) is 4. The van der Waals surface area contributed by atoms with E-state index in [0.29, 0.717) is 19.1 Å². The van der Waals surface area contributed by atoms with Gasteiger partial charge in [-0.2, -0.15) is 5.10 Å². The molecule has 0 bridgehead atoms. The Morgan fingerprint density at radius 3 is 2.84 bits per heavy atom. The van der Waals surface area contributed by atoms with Gasteiger partial charge in [0, 0.05) is 44.1 Å². The molecule has 0 aliphatic carbocycles. The van der Waals surface area contributed by atoms with E-state index in [0.717, 1.165) is 19.6 Å². The SMILES string of the molecule is CCOC(CN1CCCC(c2ccn[nH]2)C1)OCC. The molecular formula is C14H25N3O2. The fraction of sp³-hybridized carbons (Fsp3) is 0.786. The molecule has 0 radical (unpaired) electrons. The van der Waals surface area contributed by atoms with Crippen LogP contribution in [0.2, 0.25) is 0 Å². The summed E-state index contributed by atoms with van der Waals surface area (Å²) in [5.41, 5.74) is 1.24. The largest absolute Gasteiger partial charge is 0.352 e. The van der Waals surface area contributed by atoms with Gasteiger partial charge in [-0.3, -0.25) is 10.00 Å². The molecule has 0 spiro atoms. The summed E-state index contributed by atoms with van der Waals surface area (Å²) in [7, 11) is 0. The number of likely N-dealkylation sites (tertiary alicyclic amines) is 1. The molecule has 0 saturated carbocycles. The van der Waals surface area contributed by atoms with Crippen LogP contribution in [0.25, 0.3) is 0 Å². The van der Waals surface area contributed by atoms with Crippen LogP contribution in [-0.2, 0) is 9.47 Å². The first kappa shape index (κ1) is 14.5. The molecule has 0 amide bonds. The number of ether oxygens (including phenoxy) is 2. The number of nitrogens with one attached hydrogen (secondary N) is 1. The van der Waals surface area contributed by atoms with Crippen LogP contribution in [0, 0.1) is 0 Å². The van der Waals surface area contributed by atoms with Crippen LogP contribution in [0.4, 0.5) is 0 Å². The van der Waals surface area contributed by atoms with Crippen LogP contribution in [0.1, 0.15) is 38.3 Å². The summed E-state index contributed by atoms with van der Waals surface area (Å²) in [6, 6.07) is 2.08. The number of rotatable bonds is 7. The fourth-order valence-electron chi connectivity index (χ4n) is 2.71.